The summed E-state index contributed by atoms with van der Waals surface area (Å²) in [7, 11) is 1.89. The normalized spacial score (nSPS) is 12.7. The lowest BCUT2D eigenvalue weighted by Crippen LogP contribution is -2.18. The van der Waals surface area contributed by atoms with E-state index in [1.54, 1.807) is 4.68 Å². The third-order valence-corrected chi connectivity index (χ3v) is 3.37. The van der Waals surface area contributed by atoms with Crippen LogP contribution >= 0.6 is 0 Å². The lowest BCUT2D eigenvalue weighted by Gasteiger charge is -2.20. The van der Waals surface area contributed by atoms with Gasteiger partial charge in [0.05, 0.1) is 6.20 Å². The van der Waals surface area contributed by atoms with Gasteiger partial charge in [-0.15, -0.1) is 0 Å². The molecule has 1 unspecified atom stereocenters. The number of aryl methyl sites for hydroxylation is 2. The van der Waals surface area contributed by atoms with Gasteiger partial charge in [-0.25, -0.2) is 0 Å². The van der Waals surface area contributed by atoms with Crippen molar-refractivity contribution in [1.29, 1.82) is 0 Å². The van der Waals surface area contributed by atoms with E-state index in [9.17, 15) is 0 Å². The van der Waals surface area contributed by atoms with E-state index in [1.807, 2.05) is 19.4 Å². The molecule has 4 heteroatoms. The summed E-state index contributed by atoms with van der Waals surface area (Å²) in [6, 6.07) is 6.32. The van der Waals surface area contributed by atoms with Gasteiger partial charge in [-0.05, 0) is 30.0 Å². The Morgan fingerprint density at radius 3 is 2.65 bits per heavy atom. The molecule has 0 fully saturated rings. The molecule has 2 N–H and O–H groups in total. The molecule has 1 atom stereocenters. The SMILES string of the molecule is Cc1ccc(C(C)C)c(OC(CN)c2cnn(C)c2)c1. The van der Waals surface area contributed by atoms with Crippen LogP contribution < -0.4 is 10.5 Å². The van der Waals surface area contributed by atoms with Gasteiger partial charge in [-0.2, -0.15) is 5.10 Å². The third-order valence-electron chi connectivity index (χ3n) is 3.37. The van der Waals surface area contributed by atoms with Gasteiger partial charge in [0, 0.05) is 25.4 Å². The maximum absolute atomic E-state index is 6.16. The van der Waals surface area contributed by atoms with Gasteiger partial charge in [0.25, 0.3) is 0 Å². The van der Waals surface area contributed by atoms with Crippen LogP contribution in [-0.2, 0) is 7.05 Å². The van der Waals surface area contributed by atoms with E-state index in [0.717, 1.165) is 11.3 Å². The molecule has 1 aromatic carbocycles. The molecule has 0 aliphatic heterocycles. The second-order valence-corrected chi connectivity index (χ2v) is 5.49. The number of ether oxygens (including phenoxy) is 1. The summed E-state index contributed by atoms with van der Waals surface area (Å²) in [6.45, 7) is 6.83. The smallest absolute Gasteiger partial charge is 0.139 e. The van der Waals surface area contributed by atoms with Gasteiger partial charge in [0.2, 0.25) is 0 Å². The van der Waals surface area contributed by atoms with Crippen molar-refractivity contribution in [3.63, 3.8) is 0 Å². The summed E-state index contributed by atoms with van der Waals surface area (Å²) >= 11 is 0. The lowest BCUT2D eigenvalue weighted by atomic mass is 10.0. The first-order valence-corrected chi connectivity index (χ1v) is 6.97. The molecule has 1 heterocycles. The highest BCUT2D eigenvalue weighted by Crippen LogP contribution is 2.31. The number of nitrogens with two attached hydrogens (primary N) is 1. The molecule has 0 radical (unpaired) electrons. The van der Waals surface area contributed by atoms with E-state index in [2.05, 4.69) is 44.1 Å². The predicted octanol–water partition coefficient (Wildman–Crippen LogP) is 2.93. The Morgan fingerprint density at radius 1 is 1.35 bits per heavy atom. The molecule has 1 aromatic heterocycles. The molecule has 2 aromatic rings. The van der Waals surface area contributed by atoms with Crippen LogP contribution in [0.4, 0.5) is 0 Å². The first-order valence-electron chi connectivity index (χ1n) is 6.97. The minimum absolute atomic E-state index is 0.164. The van der Waals surface area contributed by atoms with E-state index >= 15 is 0 Å². The first kappa shape index (κ1) is 14.6. The highest BCUT2D eigenvalue weighted by molar-refractivity contribution is 5.39. The van der Waals surface area contributed by atoms with Crippen LogP contribution in [0.2, 0.25) is 0 Å². The Balaban J connectivity index is 2.29. The zero-order valence-corrected chi connectivity index (χ0v) is 12.6. The summed E-state index contributed by atoms with van der Waals surface area (Å²) in [6.07, 6.45) is 3.59. The number of rotatable bonds is 5. The quantitative estimate of drug-likeness (QED) is 0.911. The lowest BCUT2D eigenvalue weighted by molar-refractivity contribution is 0.211. The van der Waals surface area contributed by atoms with Crippen molar-refractivity contribution in [2.75, 3.05) is 6.54 Å². The van der Waals surface area contributed by atoms with E-state index in [-0.39, 0.29) is 6.10 Å². The van der Waals surface area contributed by atoms with Crippen molar-refractivity contribution in [2.45, 2.75) is 32.8 Å². The molecular formula is C16H23N3O. The maximum Gasteiger partial charge on any atom is 0.139 e. The van der Waals surface area contributed by atoms with Crippen molar-refractivity contribution in [2.24, 2.45) is 12.8 Å². The minimum atomic E-state index is -0.164. The molecule has 0 aliphatic carbocycles. The third kappa shape index (κ3) is 3.20. The van der Waals surface area contributed by atoms with Crippen molar-refractivity contribution < 1.29 is 4.74 Å². The summed E-state index contributed by atoms with van der Waals surface area (Å²) in [4.78, 5) is 0. The van der Waals surface area contributed by atoms with Gasteiger partial charge >= 0.3 is 0 Å². The molecule has 0 amide bonds. The standard InChI is InChI=1S/C16H23N3O/c1-11(2)14-6-5-12(3)7-15(14)20-16(8-17)13-9-18-19(4)10-13/h5-7,9-11,16H,8,17H2,1-4H3. The monoisotopic (exact) mass is 273 g/mol. The highest BCUT2D eigenvalue weighted by atomic mass is 16.5. The van der Waals surface area contributed by atoms with Crippen molar-refractivity contribution in [3.05, 3.63) is 47.3 Å². The fraction of sp³-hybridized carbons (Fsp3) is 0.438. The topological polar surface area (TPSA) is 53.1 Å². The average Bonchev–Trinajstić information content (AvgIpc) is 2.82. The molecule has 0 aliphatic rings. The van der Waals surface area contributed by atoms with Gasteiger partial charge < -0.3 is 10.5 Å². The largest absolute Gasteiger partial charge is 0.484 e. The van der Waals surface area contributed by atoms with E-state index in [4.69, 9.17) is 10.5 Å². The van der Waals surface area contributed by atoms with E-state index in [1.165, 1.54) is 11.1 Å². The number of nitrogens with zero attached hydrogens (tertiary/aromatic N) is 2. The fourth-order valence-corrected chi connectivity index (χ4v) is 2.23. The van der Waals surface area contributed by atoms with Crippen LogP contribution in [0.25, 0.3) is 0 Å². The highest BCUT2D eigenvalue weighted by Gasteiger charge is 2.16. The number of hydrogen-bond donors (Lipinski definition) is 1. The zero-order valence-electron chi connectivity index (χ0n) is 12.6. The van der Waals surface area contributed by atoms with Crippen molar-refractivity contribution in [1.82, 2.24) is 9.78 Å². The molecule has 108 valence electrons. The number of aromatic nitrogens is 2. The maximum atomic E-state index is 6.16. The van der Waals surface area contributed by atoms with Gasteiger partial charge in [0.1, 0.15) is 11.9 Å². The molecular weight excluding hydrogens is 250 g/mol. The summed E-state index contributed by atoms with van der Waals surface area (Å²) in [5, 5.41) is 4.18. The van der Waals surface area contributed by atoms with Crippen molar-refractivity contribution in [3.8, 4) is 5.75 Å². The molecule has 20 heavy (non-hydrogen) atoms. The van der Waals surface area contributed by atoms with E-state index < -0.39 is 0 Å². The Labute approximate surface area is 120 Å². The van der Waals surface area contributed by atoms with Crippen LogP contribution in [0.15, 0.2) is 30.6 Å². The van der Waals surface area contributed by atoms with Crippen LogP contribution in [0.5, 0.6) is 5.75 Å². The van der Waals surface area contributed by atoms with Crippen LogP contribution in [0, 0.1) is 6.92 Å². The Kier molecular flexibility index (Phi) is 4.45. The minimum Gasteiger partial charge on any atom is -0.484 e. The van der Waals surface area contributed by atoms with Crippen molar-refractivity contribution >= 4 is 0 Å². The Bertz CT molecular complexity index is 575. The average molecular weight is 273 g/mol. The molecule has 0 spiro atoms. The zero-order chi connectivity index (χ0) is 14.7. The van der Waals surface area contributed by atoms with Crippen LogP contribution in [0.1, 0.15) is 42.6 Å². The van der Waals surface area contributed by atoms with Gasteiger partial charge in [0.15, 0.2) is 0 Å². The summed E-state index contributed by atoms with van der Waals surface area (Å²) < 4.78 is 7.92. The second-order valence-electron chi connectivity index (χ2n) is 5.49. The molecule has 0 saturated heterocycles. The van der Waals surface area contributed by atoms with Gasteiger partial charge in [-0.3, -0.25) is 4.68 Å². The van der Waals surface area contributed by atoms with Crippen LogP contribution in [-0.4, -0.2) is 16.3 Å². The van der Waals surface area contributed by atoms with E-state index in [0.29, 0.717) is 12.5 Å². The second kappa shape index (κ2) is 6.09. The first-order chi connectivity index (χ1) is 9.51. The fourth-order valence-electron chi connectivity index (χ4n) is 2.23. The molecule has 0 saturated carbocycles. The summed E-state index contributed by atoms with van der Waals surface area (Å²) in [5.41, 5.74) is 9.26. The number of hydrogen-bond acceptors (Lipinski definition) is 3. The van der Waals surface area contributed by atoms with Crippen LogP contribution in [0.3, 0.4) is 0 Å². The molecule has 0 bridgehead atoms. The Morgan fingerprint density at radius 2 is 2.10 bits per heavy atom. The molecule has 4 nitrogen and oxygen atoms in total. The van der Waals surface area contributed by atoms with Gasteiger partial charge in [-0.1, -0.05) is 26.0 Å². The number of benzene rings is 1. The molecule has 2 rings (SSSR count). The predicted molar refractivity (Wildman–Crippen MR) is 80.9 cm³/mol. The Hall–Kier alpha value is -1.81. The summed E-state index contributed by atoms with van der Waals surface area (Å²) in [5.74, 6) is 1.33.